The van der Waals surface area contributed by atoms with Crippen molar-refractivity contribution in [3.63, 3.8) is 0 Å². The van der Waals surface area contributed by atoms with Crippen LogP contribution >= 0.6 is 11.6 Å². The van der Waals surface area contributed by atoms with E-state index < -0.39 is 11.8 Å². The van der Waals surface area contributed by atoms with Gasteiger partial charge in [-0.15, -0.1) is 0 Å². The van der Waals surface area contributed by atoms with Crippen molar-refractivity contribution in [1.82, 2.24) is 10.2 Å². The van der Waals surface area contributed by atoms with Crippen molar-refractivity contribution in [2.75, 3.05) is 31.5 Å². The van der Waals surface area contributed by atoms with E-state index in [1.165, 1.54) is 0 Å². The zero-order valence-electron chi connectivity index (χ0n) is 10.5. The number of anilines is 1. The van der Waals surface area contributed by atoms with Crippen molar-refractivity contribution in [2.45, 2.75) is 6.42 Å². The van der Waals surface area contributed by atoms with Gasteiger partial charge in [0.25, 0.3) is 0 Å². The number of halogens is 1. The molecule has 1 fully saturated rings. The van der Waals surface area contributed by atoms with Crippen molar-refractivity contribution in [1.29, 1.82) is 0 Å². The number of carbonyl (C=O) groups excluding carboxylic acids is 2. The molecule has 0 aromatic heterocycles. The normalized spacial score (nSPS) is 15.7. The predicted octanol–water partition coefficient (Wildman–Crippen LogP) is 1.10. The molecule has 1 aromatic carbocycles. The molecule has 0 spiro atoms. The van der Waals surface area contributed by atoms with Gasteiger partial charge in [0.05, 0.1) is 0 Å². The number of hydrogen-bond donors (Lipinski definition) is 2. The number of amides is 2. The van der Waals surface area contributed by atoms with E-state index in [0.29, 0.717) is 23.8 Å². The molecular formula is C13H16ClN3O2. The van der Waals surface area contributed by atoms with E-state index >= 15 is 0 Å². The van der Waals surface area contributed by atoms with Gasteiger partial charge in [-0.05, 0) is 31.2 Å². The van der Waals surface area contributed by atoms with E-state index in [-0.39, 0.29) is 0 Å². The Labute approximate surface area is 116 Å². The average Bonchev–Trinajstić information content (AvgIpc) is 2.66. The molecule has 1 aliphatic rings. The van der Waals surface area contributed by atoms with Crippen LogP contribution in [-0.2, 0) is 9.59 Å². The summed E-state index contributed by atoms with van der Waals surface area (Å²) in [6.45, 7) is 2.76. The van der Waals surface area contributed by atoms with E-state index in [1.807, 2.05) is 0 Å². The largest absolute Gasteiger partial charge is 0.333 e. The van der Waals surface area contributed by atoms with Gasteiger partial charge < -0.3 is 15.5 Å². The standard InChI is InChI=1S/C13H16ClN3O2/c14-10-3-1-4-11(9-10)16-12(18)13(19)17-7-2-5-15-6-8-17/h1,3-4,9,15H,2,5-8H2,(H,16,18). The molecule has 0 unspecified atom stereocenters. The number of hydrogen-bond acceptors (Lipinski definition) is 3. The van der Waals surface area contributed by atoms with Gasteiger partial charge in [-0.1, -0.05) is 17.7 Å². The lowest BCUT2D eigenvalue weighted by molar-refractivity contribution is -0.143. The molecule has 2 amide bonds. The van der Waals surface area contributed by atoms with Crippen molar-refractivity contribution < 1.29 is 9.59 Å². The van der Waals surface area contributed by atoms with Crippen LogP contribution in [0.1, 0.15) is 6.42 Å². The van der Waals surface area contributed by atoms with E-state index in [1.54, 1.807) is 29.2 Å². The molecule has 0 atom stereocenters. The Kier molecular flexibility index (Phi) is 4.76. The third-order valence-corrected chi connectivity index (χ3v) is 3.14. The first-order valence-corrected chi connectivity index (χ1v) is 6.61. The van der Waals surface area contributed by atoms with Gasteiger partial charge >= 0.3 is 11.8 Å². The van der Waals surface area contributed by atoms with Crippen LogP contribution in [0.15, 0.2) is 24.3 Å². The molecule has 0 saturated carbocycles. The summed E-state index contributed by atoms with van der Waals surface area (Å²) >= 11 is 5.82. The summed E-state index contributed by atoms with van der Waals surface area (Å²) in [6, 6.07) is 6.73. The summed E-state index contributed by atoms with van der Waals surface area (Å²) < 4.78 is 0. The van der Waals surface area contributed by atoms with Gasteiger partial charge in [0.2, 0.25) is 0 Å². The molecule has 0 aliphatic carbocycles. The van der Waals surface area contributed by atoms with Crippen LogP contribution in [0.4, 0.5) is 5.69 Å². The van der Waals surface area contributed by atoms with Crippen LogP contribution in [0.25, 0.3) is 0 Å². The minimum atomic E-state index is -0.621. The summed E-state index contributed by atoms with van der Waals surface area (Å²) in [4.78, 5) is 25.4. The molecule has 2 rings (SSSR count). The lowest BCUT2D eigenvalue weighted by Gasteiger charge is -2.19. The molecule has 19 heavy (non-hydrogen) atoms. The first-order valence-electron chi connectivity index (χ1n) is 6.23. The predicted molar refractivity (Wildman–Crippen MR) is 74.1 cm³/mol. The van der Waals surface area contributed by atoms with Gasteiger partial charge in [-0.2, -0.15) is 0 Å². The number of nitrogens with zero attached hydrogens (tertiary/aromatic N) is 1. The SMILES string of the molecule is O=C(Nc1cccc(Cl)c1)C(=O)N1CCCNCC1. The van der Waals surface area contributed by atoms with Gasteiger partial charge in [0, 0.05) is 30.3 Å². The number of rotatable bonds is 1. The molecular weight excluding hydrogens is 266 g/mol. The highest BCUT2D eigenvalue weighted by Gasteiger charge is 2.22. The van der Waals surface area contributed by atoms with Crippen LogP contribution in [0.2, 0.25) is 5.02 Å². The minimum Gasteiger partial charge on any atom is -0.333 e. The summed E-state index contributed by atoms with van der Waals surface area (Å²) in [5.41, 5.74) is 0.527. The van der Waals surface area contributed by atoms with E-state index in [4.69, 9.17) is 11.6 Å². The Bertz CT molecular complexity index is 471. The van der Waals surface area contributed by atoms with E-state index in [2.05, 4.69) is 10.6 Å². The summed E-state index contributed by atoms with van der Waals surface area (Å²) in [6.07, 6.45) is 0.857. The lowest BCUT2D eigenvalue weighted by atomic mass is 10.3. The fourth-order valence-electron chi connectivity index (χ4n) is 1.94. The topological polar surface area (TPSA) is 61.4 Å². The highest BCUT2D eigenvalue weighted by atomic mass is 35.5. The van der Waals surface area contributed by atoms with Crippen LogP contribution in [0, 0.1) is 0 Å². The second kappa shape index (κ2) is 6.54. The average molecular weight is 282 g/mol. The quantitative estimate of drug-likeness (QED) is 0.758. The molecule has 1 aromatic rings. The fourth-order valence-corrected chi connectivity index (χ4v) is 2.13. The van der Waals surface area contributed by atoms with Crippen LogP contribution < -0.4 is 10.6 Å². The maximum Gasteiger partial charge on any atom is 0.313 e. The van der Waals surface area contributed by atoms with Crippen molar-refractivity contribution in [3.8, 4) is 0 Å². The first-order chi connectivity index (χ1) is 9.16. The monoisotopic (exact) mass is 281 g/mol. The zero-order chi connectivity index (χ0) is 13.7. The maximum absolute atomic E-state index is 12.0. The number of benzene rings is 1. The third-order valence-electron chi connectivity index (χ3n) is 2.90. The molecule has 0 bridgehead atoms. The van der Waals surface area contributed by atoms with Gasteiger partial charge in [-0.25, -0.2) is 0 Å². The zero-order valence-corrected chi connectivity index (χ0v) is 11.2. The molecule has 1 saturated heterocycles. The number of carbonyl (C=O) groups is 2. The summed E-state index contributed by atoms with van der Waals surface area (Å²) in [7, 11) is 0. The van der Waals surface area contributed by atoms with E-state index in [9.17, 15) is 9.59 Å². The van der Waals surface area contributed by atoms with Crippen molar-refractivity contribution in [3.05, 3.63) is 29.3 Å². The summed E-state index contributed by atoms with van der Waals surface area (Å²) in [5.74, 6) is -1.12. The Morgan fingerprint density at radius 1 is 1.26 bits per heavy atom. The molecule has 102 valence electrons. The Hall–Kier alpha value is -1.59. The smallest absolute Gasteiger partial charge is 0.313 e. The second-order valence-corrected chi connectivity index (χ2v) is 4.80. The van der Waals surface area contributed by atoms with Crippen LogP contribution in [0.5, 0.6) is 0 Å². The molecule has 1 heterocycles. The fraction of sp³-hybridized carbons (Fsp3) is 0.385. The second-order valence-electron chi connectivity index (χ2n) is 4.36. The molecule has 5 nitrogen and oxygen atoms in total. The maximum atomic E-state index is 12.0. The van der Waals surface area contributed by atoms with Crippen molar-refractivity contribution >= 4 is 29.1 Å². The minimum absolute atomic E-state index is 0.497. The molecule has 2 N–H and O–H groups in total. The van der Waals surface area contributed by atoms with Crippen molar-refractivity contribution in [2.24, 2.45) is 0 Å². The molecule has 6 heteroatoms. The van der Waals surface area contributed by atoms with Gasteiger partial charge in [0.15, 0.2) is 0 Å². The Morgan fingerprint density at radius 2 is 2.11 bits per heavy atom. The lowest BCUT2D eigenvalue weighted by Crippen LogP contribution is -2.41. The number of nitrogens with one attached hydrogen (secondary N) is 2. The van der Waals surface area contributed by atoms with Crippen LogP contribution in [0.3, 0.4) is 0 Å². The Morgan fingerprint density at radius 3 is 2.89 bits per heavy atom. The van der Waals surface area contributed by atoms with Gasteiger partial charge in [-0.3, -0.25) is 9.59 Å². The highest BCUT2D eigenvalue weighted by Crippen LogP contribution is 2.14. The third kappa shape index (κ3) is 3.94. The molecule has 1 aliphatic heterocycles. The highest BCUT2D eigenvalue weighted by molar-refractivity contribution is 6.39. The van der Waals surface area contributed by atoms with Crippen LogP contribution in [-0.4, -0.2) is 42.9 Å². The Balaban J connectivity index is 1.97. The summed E-state index contributed by atoms with van der Waals surface area (Å²) in [5, 5.41) is 6.27. The van der Waals surface area contributed by atoms with E-state index in [0.717, 1.165) is 19.5 Å². The molecule has 0 radical (unpaired) electrons. The van der Waals surface area contributed by atoms with Gasteiger partial charge in [0.1, 0.15) is 0 Å². The first kappa shape index (κ1) is 13.8.